The summed E-state index contributed by atoms with van der Waals surface area (Å²) < 4.78 is 13.6. The number of likely N-dealkylation sites (tertiary alicyclic amines) is 1. The van der Waals surface area contributed by atoms with Crippen LogP contribution < -0.4 is 9.80 Å². The fourth-order valence-corrected chi connectivity index (χ4v) is 5.56. The zero-order valence-corrected chi connectivity index (χ0v) is 19.3. The van der Waals surface area contributed by atoms with Crippen molar-refractivity contribution in [1.29, 1.82) is 0 Å². The summed E-state index contributed by atoms with van der Waals surface area (Å²) in [4.78, 5) is 33.1. The van der Waals surface area contributed by atoms with Crippen molar-refractivity contribution < 1.29 is 14.0 Å². The van der Waals surface area contributed by atoms with Crippen LogP contribution in [0.1, 0.15) is 38.7 Å². The molecule has 0 bridgehead atoms. The van der Waals surface area contributed by atoms with Crippen LogP contribution in [0.4, 0.5) is 15.8 Å². The van der Waals surface area contributed by atoms with Gasteiger partial charge in [-0.2, -0.15) is 0 Å². The van der Waals surface area contributed by atoms with E-state index in [-0.39, 0.29) is 17.6 Å². The normalized spacial score (nSPS) is 23.8. The van der Waals surface area contributed by atoms with E-state index in [0.29, 0.717) is 34.4 Å². The minimum atomic E-state index is -0.368. The summed E-state index contributed by atoms with van der Waals surface area (Å²) in [5.41, 5.74) is 3.06. The number of halogens is 1. The number of amides is 2. The van der Waals surface area contributed by atoms with Crippen molar-refractivity contribution in [3.8, 4) is 0 Å². The molecule has 3 aliphatic rings. The molecule has 6 heteroatoms. The first-order chi connectivity index (χ1) is 15.9. The second-order valence-electron chi connectivity index (χ2n) is 9.74. The molecule has 2 amide bonds. The third-order valence-corrected chi connectivity index (χ3v) is 6.96. The number of rotatable bonds is 4. The molecule has 0 saturated carbocycles. The molecule has 0 spiro atoms. The topological polar surface area (TPSA) is 43.9 Å². The number of benzene rings is 2. The molecule has 0 aromatic heterocycles. The van der Waals surface area contributed by atoms with E-state index in [4.69, 9.17) is 0 Å². The van der Waals surface area contributed by atoms with Crippen LogP contribution >= 0.6 is 0 Å². The molecular weight excluding hydrogens is 417 g/mol. The highest BCUT2D eigenvalue weighted by Gasteiger charge is 2.43. The number of nitrogens with zero attached hydrogens (tertiary/aromatic N) is 3. The molecule has 172 valence electrons. The van der Waals surface area contributed by atoms with Gasteiger partial charge in [0.1, 0.15) is 11.5 Å². The predicted molar refractivity (Wildman–Crippen MR) is 128 cm³/mol. The molecule has 0 N–H and O–H groups in total. The lowest BCUT2D eigenvalue weighted by molar-refractivity contribution is -0.120. The first-order valence-electron chi connectivity index (χ1n) is 11.9. The van der Waals surface area contributed by atoms with Gasteiger partial charge >= 0.3 is 0 Å². The van der Waals surface area contributed by atoms with Gasteiger partial charge in [0.2, 0.25) is 0 Å². The smallest absolute Gasteiger partial charge is 0.282 e. The Balaban J connectivity index is 1.53. The average Bonchev–Trinajstić information content (AvgIpc) is 3.41. The van der Waals surface area contributed by atoms with E-state index >= 15 is 0 Å². The van der Waals surface area contributed by atoms with Gasteiger partial charge in [-0.15, -0.1) is 0 Å². The summed E-state index contributed by atoms with van der Waals surface area (Å²) in [5, 5.41) is 0. The SMILES string of the molecule is CC1CC(C)CN(C2=C(c3ccc(F)cc3)C(=O)N(c3ccc(N4CCCC4)cc3)C2=O)C1. The van der Waals surface area contributed by atoms with E-state index in [1.54, 1.807) is 12.1 Å². The van der Waals surface area contributed by atoms with E-state index in [1.807, 2.05) is 24.3 Å². The molecule has 2 fully saturated rings. The van der Waals surface area contributed by atoms with Crippen LogP contribution in [0.3, 0.4) is 0 Å². The Morgan fingerprint density at radius 1 is 0.758 bits per heavy atom. The van der Waals surface area contributed by atoms with E-state index < -0.39 is 0 Å². The second-order valence-corrected chi connectivity index (χ2v) is 9.74. The maximum atomic E-state index is 13.7. The molecule has 2 unspecified atom stereocenters. The van der Waals surface area contributed by atoms with E-state index in [0.717, 1.165) is 38.3 Å². The monoisotopic (exact) mass is 447 g/mol. The summed E-state index contributed by atoms with van der Waals surface area (Å²) >= 11 is 0. The predicted octanol–water partition coefficient (Wildman–Crippen LogP) is 4.69. The molecule has 2 aromatic rings. The highest BCUT2D eigenvalue weighted by molar-refractivity contribution is 6.45. The van der Waals surface area contributed by atoms with Crippen LogP contribution in [0.5, 0.6) is 0 Å². The fraction of sp³-hybridized carbons (Fsp3) is 0.407. The van der Waals surface area contributed by atoms with Gasteiger partial charge in [0, 0.05) is 31.9 Å². The Labute approximate surface area is 194 Å². The van der Waals surface area contributed by atoms with Crippen LogP contribution in [-0.2, 0) is 9.59 Å². The fourth-order valence-electron chi connectivity index (χ4n) is 5.56. The molecule has 3 aliphatic heterocycles. The zero-order valence-electron chi connectivity index (χ0n) is 19.3. The lowest BCUT2D eigenvalue weighted by atomic mass is 9.91. The third kappa shape index (κ3) is 4.03. The number of imide groups is 1. The molecule has 0 radical (unpaired) electrons. The third-order valence-electron chi connectivity index (χ3n) is 6.96. The van der Waals surface area contributed by atoms with Crippen molar-refractivity contribution in [2.24, 2.45) is 11.8 Å². The largest absolute Gasteiger partial charge is 0.372 e. The molecule has 3 heterocycles. The summed E-state index contributed by atoms with van der Waals surface area (Å²) in [7, 11) is 0. The minimum Gasteiger partial charge on any atom is -0.372 e. The van der Waals surface area contributed by atoms with E-state index in [1.165, 1.54) is 29.9 Å². The molecule has 2 aromatic carbocycles. The van der Waals surface area contributed by atoms with Gasteiger partial charge in [0.25, 0.3) is 11.8 Å². The Morgan fingerprint density at radius 2 is 1.33 bits per heavy atom. The van der Waals surface area contributed by atoms with Crippen molar-refractivity contribution in [1.82, 2.24) is 4.90 Å². The van der Waals surface area contributed by atoms with Crippen molar-refractivity contribution in [2.45, 2.75) is 33.1 Å². The van der Waals surface area contributed by atoms with Crippen molar-refractivity contribution >= 4 is 28.8 Å². The Hall–Kier alpha value is -3.15. The number of carbonyl (C=O) groups is 2. The number of piperidine rings is 1. The van der Waals surface area contributed by atoms with Gasteiger partial charge in [0.05, 0.1) is 11.3 Å². The van der Waals surface area contributed by atoms with Gasteiger partial charge in [-0.25, -0.2) is 9.29 Å². The summed E-state index contributed by atoms with van der Waals surface area (Å²) in [6.45, 7) is 7.88. The van der Waals surface area contributed by atoms with Crippen LogP contribution in [0.25, 0.3) is 5.57 Å². The Bertz CT molecular complexity index is 1080. The average molecular weight is 448 g/mol. The standard InChI is InChI=1S/C27H30FN3O2/c1-18-15-19(2)17-30(16-18)25-24(20-5-7-21(28)8-6-20)26(32)31(27(25)33)23-11-9-22(10-12-23)29-13-3-4-14-29/h5-12,18-19H,3-4,13-17H2,1-2H3. The van der Waals surface area contributed by atoms with Crippen LogP contribution in [0, 0.1) is 17.7 Å². The molecule has 2 atom stereocenters. The first kappa shape index (κ1) is 21.7. The number of hydrogen-bond acceptors (Lipinski definition) is 4. The molecular formula is C27H30FN3O2. The number of hydrogen-bond donors (Lipinski definition) is 0. The van der Waals surface area contributed by atoms with E-state index in [2.05, 4.69) is 23.6 Å². The molecule has 33 heavy (non-hydrogen) atoms. The molecule has 0 aliphatic carbocycles. The van der Waals surface area contributed by atoms with Crippen molar-refractivity contribution in [2.75, 3.05) is 36.0 Å². The van der Waals surface area contributed by atoms with E-state index in [9.17, 15) is 14.0 Å². The van der Waals surface area contributed by atoms with Gasteiger partial charge in [-0.3, -0.25) is 9.59 Å². The Kier molecular flexibility index (Phi) is 5.69. The number of anilines is 2. The summed E-state index contributed by atoms with van der Waals surface area (Å²) in [6.07, 6.45) is 3.47. The van der Waals surface area contributed by atoms with Crippen LogP contribution in [0.2, 0.25) is 0 Å². The molecule has 2 saturated heterocycles. The van der Waals surface area contributed by atoms with Gasteiger partial charge in [0.15, 0.2) is 0 Å². The number of carbonyl (C=O) groups excluding carboxylic acids is 2. The summed E-state index contributed by atoms with van der Waals surface area (Å²) in [6, 6.07) is 13.6. The lowest BCUT2D eigenvalue weighted by Crippen LogP contribution is -2.42. The zero-order chi connectivity index (χ0) is 23.1. The highest BCUT2D eigenvalue weighted by Crippen LogP contribution is 2.37. The maximum Gasteiger partial charge on any atom is 0.282 e. The van der Waals surface area contributed by atoms with Gasteiger partial charge in [-0.05, 0) is 73.1 Å². The van der Waals surface area contributed by atoms with Gasteiger partial charge < -0.3 is 9.80 Å². The molecule has 5 nitrogen and oxygen atoms in total. The Morgan fingerprint density at radius 3 is 1.94 bits per heavy atom. The lowest BCUT2D eigenvalue weighted by Gasteiger charge is -2.37. The van der Waals surface area contributed by atoms with Crippen molar-refractivity contribution in [3.63, 3.8) is 0 Å². The highest BCUT2D eigenvalue weighted by atomic mass is 19.1. The molecule has 5 rings (SSSR count). The summed E-state index contributed by atoms with van der Waals surface area (Å²) in [5.74, 6) is -0.164. The minimum absolute atomic E-state index is 0.297. The quantitative estimate of drug-likeness (QED) is 0.638. The van der Waals surface area contributed by atoms with Crippen LogP contribution in [-0.4, -0.2) is 42.9 Å². The second kappa shape index (κ2) is 8.65. The van der Waals surface area contributed by atoms with Crippen LogP contribution in [0.15, 0.2) is 54.2 Å². The first-order valence-corrected chi connectivity index (χ1v) is 11.9. The van der Waals surface area contributed by atoms with Gasteiger partial charge in [-0.1, -0.05) is 26.0 Å². The van der Waals surface area contributed by atoms with Crippen molar-refractivity contribution in [3.05, 3.63) is 65.6 Å². The maximum absolute atomic E-state index is 13.7.